The molecule has 0 N–H and O–H groups in total. The van der Waals surface area contributed by atoms with Crippen LogP contribution in [0.2, 0.25) is 0 Å². The molecule has 2 aromatic rings. The monoisotopic (exact) mass is 440 g/mol. The third kappa shape index (κ3) is 6.22. The molecule has 0 amide bonds. The van der Waals surface area contributed by atoms with Crippen LogP contribution in [0.4, 0.5) is 0 Å². The fraction of sp³-hybridized carbons (Fsp3) is 0.320. The van der Waals surface area contributed by atoms with E-state index in [-0.39, 0.29) is 15.0 Å². The van der Waals surface area contributed by atoms with Crippen molar-refractivity contribution in [3.8, 4) is 5.75 Å². The summed E-state index contributed by atoms with van der Waals surface area (Å²) in [5.74, 6) is 0.947. The van der Waals surface area contributed by atoms with E-state index in [4.69, 9.17) is 4.74 Å². The molecular formula is C25H28O2Se. The zero-order valence-corrected chi connectivity index (χ0v) is 18.2. The maximum atomic E-state index is 12.1. The van der Waals surface area contributed by atoms with Gasteiger partial charge in [0, 0.05) is 0 Å². The molecule has 0 radical (unpaired) electrons. The van der Waals surface area contributed by atoms with E-state index in [9.17, 15) is 4.79 Å². The van der Waals surface area contributed by atoms with Gasteiger partial charge in [0.2, 0.25) is 0 Å². The zero-order valence-electron chi connectivity index (χ0n) is 16.5. The zero-order chi connectivity index (χ0) is 19.6. The molecule has 1 aliphatic rings. The van der Waals surface area contributed by atoms with Crippen molar-refractivity contribution in [1.29, 1.82) is 0 Å². The number of allylic oxidation sites excluding steroid dienone is 4. The van der Waals surface area contributed by atoms with Crippen molar-refractivity contribution in [2.75, 3.05) is 7.11 Å². The molecule has 0 aliphatic heterocycles. The molecule has 0 bridgehead atoms. The Hall–Kier alpha value is -2.09. The van der Waals surface area contributed by atoms with E-state index in [0.717, 1.165) is 44.3 Å². The Labute approximate surface area is 174 Å². The molecule has 3 heteroatoms. The number of fused-ring (bicyclic) bond motifs is 1. The van der Waals surface area contributed by atoms with Crippen molar-refractivity contribution >= 4 is 29.7 Å². The summed E-state index contributed by atoms with van der Waals surface area (Å²) in [7, 11) is 1.72. The molecule has 146 valence electrons. The summed E-state index contributed by atoms with van der Waals surface area (Å²) in [4.78, 5) is 12.1. The van der Waals surface area contributed by atoms with Crippen molar-refractivity contribution in [2.24, 2.45) is 0 Å². The third-order valence-corrected chi connectivity index (χ3v) is 6.91. The standard InChI is InChI=1S/C25H28O2Se/c1-27-22-17-18-24-20(12-10-13-21(24)19-22)11-6-3-2-4-9-16-25(26)28-23-14-7-5-8-15-23/h2-3,5,7-8,12,14-15,17-19H,4,6,9-11,13,16H2,1H3/b3-2-. The second kappa shape index (κ2) is 11.0. The Bertz CT molecular complexity index is 837. The van der Waals surface area contributed by atoms with E-state index in [1.54, 1.807) is 7.11 Å². The first kappa shape index (κ1) is 20.6. The molecule has 0 atom stereocenters. The van der Waals surface area contributed by atoms with Gasteiger partial charge < -0.3 is 4.74 Å². The van der Waals surface area contributed by atoms with Crippen LogP contribution in [-0.4, -0.2) is 26.7 Å². The first-order valence-electron chi connectivity index (χ1n) is 10.0. The summed E-state index contributed by atoms with van der Waals surface area (Å²) in [6, 6.07) is 16.5. The van der Waals surface area contributed by atoms with Gasteiger partial charge in [-0.05, 0) is 0 Å². The molecule has 2 nitrogen and oxygen atoms in total. The quantitative estimate of drug-likeness (QED) is 0.293. The molecule has 0 saturated heterocycles. The Morgan fingerprint density at radius 2 is 1.93 bits per heavy atom. The molecule has 0 aromatic heterocycles. The molecule has 0 heterocycles. The van der Waals surface area contributed by atoms with Gasteiger partial charge in [-0.25, -0.2) is 0 Å². The van der Waals surface area contributed by atoms with E-state index in [1.165, 1.54) is 21.2 Å². The first-order chi connectivity index (χ1) is 13.8. The number of hydrogen-bond acceptors (Lipinski definition) is 2. The van der Waals surface area contributed by atoms with E-state index in [0.29, 0.717) is 11.1 Å². The van der Waals surface area contributed by atoms with Crippen molar-refractivity contribution in [1.82, 2.24) is 0 Å². The predicted molar refractivity (Wildman–Crippen MR) is 118 cm³/mol. The fourth-order valence-corrected chi connectivity index (χ4v) is 5.16. The van der Waals surface area contributed by atoms with Gasteiger partial charge >= 0.3 is 157 Å². The summed E-state index contributed by atoms with van der Waals surface area (Å²) in [6.45, 7) is 0. The van der Waals surface area contributed by atoms with Crippen LogP contribution in [0.3, 0.4) is 0 Å². The average Bonchev–Trinajstić information content (AvgIpc) is 2.73. The fourth-order valence-electron chi connectivity index (χ4n) is 3.48. The van der Waals surface area contributed by atoms with Crippen molar-refractivity contribution in [3.05, 3.63) is 77.9 Å². The summed E-state index contributed by atoms with van der Waals surface area (Å²) >= 11 is -0.0332. The van der Waals surface area contributed by atoms with Gasteiger partial charge in [0.15, 0.2) is 0 Å². The van der Waals surface area contributed by atoms with Crippen LogP contribution in [0.1, 0.15) is 49.7 Å². The maximum absolute atomic E-state index is 12.1. The third-order valence-electron chi connectivity index (χ3n) is 4.94. The molecule has 1 aliphatic carbocycles. The van der Waals surface area contributed by atoms with Crippen molar-refractivity contribution < 1.29 is 9.53 Å². The van der Waals surface area contributed by atoms with Gasteiger partial charge in [-0.2, -0.15) is 0 Å². The minimum absolute atomic E-state index is 0.0332. The number of ether oxygens (including phenoxy) is 1. The molecule has 0 saturated carbocycles. The molecule has 3 rings (SSSR count). The van der Waals surface area contributed by atoms with Crippen LogP contribution in [0, 0.1) is 0 Å². The normalized spacial score (nSPS) is 13.2. The van der Waals surface area contributed by atoms with E-state index < -0.39 is 0 Å². The van der Waals surface area contributed by atoms with E-state index in [1.807, 2.05) is 30.3 Å². The predicted octanol–water partition coefficient (Wildman–Crippen LogP) is 5.09. The Morgan fingerprint density at radius 1 is 1.11 bits per heavy atom. The van der Waals surface area contributed by atoms with Crippen LogP contribution in [0.25, 0.3) is 5.57 Å². The first-order valence-corrected chi connectivity index (χ1v) is 11.7. The molecule has 2 aromatic carbocycles. The van der Waals surface area contributed by atoms with Gasteiger partial charge in [-0.1, -0.05) is 0 Å². The molecule has 0 fully saturated rings. The Balaban J connectivity index is 1.36. The van der Waals surface area contributed by atoms with Crippen LogP contribution >= 0.6 is 0 Å². The Morgan fingerprint density at radius 3 is 2.75 bits per heavy atom. The van der Waals surface area contributed by atoms with Crippen LogP contribution < -0.4 is 9.20 Å². The van der Waals surface area contributed by atoms with Crippen LogP contribution in [0.5, 0.6) is 5.75 Å². The van der Waals surface area contributed by atoms with Gasteiger partial charge in [-0.15, -0.1) is 0 Å². The topological polar surface area (TPSA) is 26.3 Å². The van der Waals surface area contributed by atoms with Gasteiger partial charge in [0.25, 0.3) is 0 Å². The second-order valence-corrected chi connectivity index (χ2v) is 9.35. The summed E-state index contributed by atoms with van der Waals surface area (Å²) in [5, 5.41) is 0. The number of unbranched alkanes of at least 4 members (excludes halogenated alkanes) is 1. The van der Waals surface area contributed by atoms with Crippen LogP contribution in [-0.2, 0) is 11.2 Å². The van der Waals surface area contributed by atoms with Crippen molar-refractivity contribution in [2.45, 2.75) is 44.9 Å². The van der Waals surface area contributed by atoms with Gasteiger partial charge in [-0.3, -0.25) is 0 Å². The number of methoxy groups -OCH3 is 1. The van der Waals surface area contributed by atoms with Gasteiger partial charge in [0.1, 0.15) is 5.75 Å². The SMILES string of the molecule is COc1ccc2c(c1)CCC=C2CC/C=C\CCCC(=O)[Se]c1ccccc1. The number of aryl methyl sites for hydroxylation is 1. The molecule has 0 unspecified atom stereocenters. The average molecular weight is 439 g/mol. The van der Waals surface area contributed by atoms with Crippen molar-refractivity contribution in [3.63, 3.8) is 0 Å². The number of benzene rings is 2. The molecular weight excluding hydrogens is 411 g/mol. The minimum atomic E-state index is -0.0332. The number of hydrogen-bond donors (Lipinski definition) is 0. The number of rotatable bonds is 10. The van der Waals surface area contributed by atoms with E-state index in [2.05, 4.69) is 36.4 Å². The van der Waals surface area contributed by atoms with Crippen LogP contribution in [0.15, 0.2) is 66.8 Å². The van der Waals surface area contributed by atoms with E-state index >= 15 is 0 Å². The summed E-state index contributed by atoms with van der Waals surface area (Å²) < 4.78 is 6.92. The molecule has 0 spiro atoms. The second-order valence-electron chi connectivity index (χ2n) is 6.98. The summed E-state index contributed by atoms with van der Waals surface area (Å²) in [5.41, 5.74) is 4.24. The number of carbonyl (C=O) groups excluding carboxylic acids is 1. The number of carbonyl (C=O) groups is 1. The molecule has 28 heavy (non-hydrogen) atoms. The summed E-state index contributed by atoms with van der Waals surface area (Å²) in [6.07, 6.45) is 13.9. The Kier molecular flexibility index (Phi) is 8.14. The van der Waals surface area contributed by atoms with Gasteiger partial charge in [0.05, 0.1) is 7.11 Å².